The van der Waals surface area contributed by atoms with E-state index in [1.54, 1.807) is 12.4 Å². The number of hydrogen-bond donors (Lipinski definition) is 3. The third-order valence-corrected chi connectivity index (χ3v) is 3.44. The molecule has 1 amide bonds. The van der Waals surface area contributed by atoms with Gasteiger partial charge in [-0.1, -0.05) is 42.5 Å². The summed E-state index contributed by atoms with van der Waals surface area (Å²) in [7, 11) is 0. The van der Waals surface area contributed by atoms with Gasteiger partial charge >= 0.3 is 0 Å². The first-order valence-electron chi connectivity index (χ1n) is 6.76. The summed E-state index contributed by atoms with van der Waals surface area (Å²) < 4.78 is 0. The fourth-order valence-corrected chi connectivity index (χ4v) is 2.22. The molecule has 1 unspecified atom stereocenters. The molecule has 1 atom stereocenters. The normalized spacial score (nSPS) is 11.8. The van der Waals surface area contributed by atoms with Gasteiger partial charge in [0.05, 0.1) is 10.9 Å². The van der Waals surface area contributed by atoms with Crippen molar-refractivity contribution in [2.45, 2.75) is 12.8 Å². The summed E-state index contributed by atoms with van der Waals surface area (Å²) in [6.07, 6.45) is 4.60. The van der Waals surface area contributed by atoms with Crippen molar-refractivity contribution in [2.24, 2.45) is 11.7 Å². The second kappa shape index (κ2) is 7.54. The number of amides is 1. The van der Waals surface area contributed by atoms with E-state index in [-0.39, 0.29) is 10.9 Å². The molecule has 110 valence electrons. The van der Waals surface area contributed by atoms with Gasteiger partial charge in [-0.25, -0.2) is 4.98 Å². The maximum Gasteiger partial charge on any atom is 0.230 e. The van der Waals surface area contributed by atoms with Crippen LogP contribution in [0.4, 0.5) is 0 Å². The fourth-order valence-electron chi connectivity index (χ4n) is 2.03. The molecule has 21 heavy (non-hydrogen) atoms. The fraction of sp³-hybridized carbons (Fsp3) is 0.267. The molecule has 0 fully saturated rings. The number of nitrogens with zero attached hydrogens (tertiary/aromatic N) is 1. The zero-order valence-corrected chi connectivity index (χ0v) is 12.4. The zero-order chi connectivity index (χ0) is 15.1. The minimum absolute atomic E-state index is 0.141. The molecule has 0 aliphatic rings. The molecule has 1 heterocycles. The van der Waals surface area contributed by atoms with E-state index in [9.17, 15) is 4.79 Å². The van der Waals surface area contributed by atoms with Crippen molar-refractivity contribution in [3.05, 3.63) is 54.1 Å². The number of nitrogens with two attached hydrogens (primary N) is 1. The lowest BCUT2D eigenvalue weighted by molar-refractivity contribution is -0.122. The lowest BCUT2D eigenvalue weighted by Gasteiger charge is -2.15. The standard InChI is InChI=1S/C15H18N4OS/c16-14(21)12(10-11-4-2-1-3-5-11)15(20)19-7-6-13-17-8-9-18-13/h1-5,8-9,12H,6-7,10H2,(H2,16,21)(H,17,18)(H,19,20). The molecule has 0 bridgehead atoms. The summed E-state index contributed by atoms with van der Waals surface area (Å²) in [6, 6.07) is 9.72. The summed E-state index contributed by atoms with van der Waals surface area (Å²) in [6.45, 7) is 0.500. The van der Waals surface area contributed by atoms with Gasteiger partial charge in [0.15, 0.2) is 0 Å². The maximum absolute atomic E-state index is 12.2. The second-order valence-electron chi connectivity index (χ2n) is 4.72. The quantitative estimate of drug-likeness (QED) is 0.671. The predicted octanol–water partition coefficient (Wildman–Crippen LogP) is 1.21. The van der Waals surface area contributed by atoms with E-state index < -0.39 is 5.92 Å². The number of H-pyrrole nitrogens is 1. The van der Waals surface area contributed by atoms with Crippen molar-refractivity contribution in [3.63, 3.8) is 0 Å². The van der Waals surface area contributed by atoms with E-state index in [1.165, 1.54) is 0 Å². The van der Waals surface area contributed by atoms with Crippen molar-refractivity contribution >= 4 is 23.1 Å². The van der Waals surface area contributed by atoms with Crippen molar-refractivity contribution in [1.82, 2.24) is 15.3 Å². The number of hydrogen-bond acceptors (Lipinski definition) is 3. The lowest BCUT2D eigenvalue weighted by atomic mass is 9.98. The molecule has 0 saturated heterocycles. The van der Waals surface area contributed by atoms with Crippen LogP contribution in [0.1, 0.15) is 11.4 Å². The molecule has 2 aromatic rings. The Labute approximate surface area is 129 Å². The van der Waals surface area contributed by atoms with Gasteiger partial charge in [0.25, 0.3) is 0 Å². The highest BCUT2D eigenvalue weighted by Gasteiger charge is 2.21. The van der Waals surface area contributed by atoms with Gasteiger partial charge < -0.3 is 16.0 Å². The van der Waals surface area contributed by atoms with Gasteiger partial charge in [0.1, 0.15) is 5.82 Å². The molecule has 2 rings (SSSR count). The molecule has 0 spiro atoms. The van der Waals surface area contributed by atoms with Crippen molar-refractivity contribution in [1.29, 1.82) is 0 Å². The third kappa shape index (κ3) is 4.68. The largest absolute Gasteiger partial charge is 0.393 e. The Morgan fingerprint density at radius 1 is 1.38 bits per heavy atom. The summed E-state index contributed by atoms with van der Waals surface area (Å²) in [4.78, 5) is 19.5. The summed E-state index contributed by atoms with van der Waals surface area (Å²) in [5.41, 5.74) is 6.74. The molecule has 1 aromatic carbocycles. The number of carbonyl (C=O) groups excluding carboxylic acids is 1. The van der Waals surface area contributed by atoms with Crippen LogP contribution >= 0.6 is 12.2 Å². The second-order valence-corrected chi connectivity index (χ2v) is 5.19. The van der Waals surface area contributed by atoms with E-state index in [0.717, 1.165) is 11.4 Å². The first kappa shape index (κ1) is 15.2. The summed E-state index contributed by atoms with van der Waals surface area (Å²) >= 11 is 5.02. The molecule has 1 aromatic heterocycles. The molecule has 0 aliphatic heterocycles. The highest BCUT2D eigenvalue weighted by atomic mass is 32.1. The number of imidazole rings is 1. The zero-order valence-electron chi connectivity index (χ0n) is 11.6. The number of carbonyl (C=O) groups is 1. The average Bonchev–Trinajstić information content (AvgIpc) is 2.98. The van der Waals surface area contributed by atoms with Gasteiger partial charge in [-0.05, 0) is 12.0 Å². The van der Waals surface area contributed by atoms with Crippen molar-refractivity contribution in [3.8, 4) is 0 Å². The number of nitrogens with one attached hydrogen (secondary N) is 2. The molecular weight excluding hydrogens is 284 g/mol. The van der Waals surface area contributed by atoms with Gasteiger partial charge in [-0.2, -0.15) is 0 Å². The van der Waals surface area contributed by atoms with Crippen molar-refractivity contribution < 1.29 is 4.79 Å². The summed E-state index contributed by atoms with van der Waals surface area (Å²) in [5.74, 6) is 0.210. The lowest BCUT2D eigenvalue weighted by Crippen LogP contribution is -2.40. The molecule has 5 nitrogen and oxygen atoms in total. The Balaban J connectivity index is 1.88. The number of benzene rings is 1. The smallest absolute Gasteiger partial charge is 0.230 e. The SMILES string of the molecule is NC(=S)C(Cc1ccccc1)C(=O)NCCc1ncc[nH]1. The van der Waals surface area contributed by atoms with Crippen LogP contribution in [0, 0.1) is 5.92 Å². The Morgan fingerprint density at radius 2 is 2.14 bits per heavy atom. The highest BCUT2D eigenvalue weighted by Crippen LogP contribution is 2.09. The Morgan fingerprint density at radius 3 is 2.76 bits per heavy atom. The van der Waals surface area contributed by atoms with Gasteiger partial charge in [-0.15, -0.1) is 0 Å². The molecule has 6 heteroatoms. The Bertz CT molecular complexity index is 583. The van der Waals surface area contributed by atoms with Gasteiger partial charge in [-0.3, -0.25) is 4.79 Å². The van der Waals surface area contributed by atoms with Crippen LogP contribution in [0.25, 0.3) is 0 Å². The van der Waals surface area contributed by atoms with E-state index in [4.69, 9.17) is 18.0 Å². The van der Waals surface area contributed by atoms with E-state index in [2.05, 4.69) is 15.3 Å². The van der Waals surface area contributed by atoms with Crippen LogP contribution in [0.5, 0.6) is 0 Å². The summed E-state index contributed by atoms with van der Waals surface area (Å²) in [5, 5.41) is 2.86. The van der Waals surface area contributed by atoms with E-state index >= 15 is 0 Å². The molecule has 0 aliphatic carbocycles. The topological polar surface area (TPSA) is 83.8 Å². The van der Waals surface area contributed by atoms with E-state index in [1.807, 2.05) is 30.3 Å². The van der Waals surface area contributed by atoms with E-state index in [0.29, 0.717) is 19.4 Å². The Kier molecular flexibility index (Phi) is 5.45. The molecule has 4 N–H and O–H groups in total. The van der Waals surface area contributed by atoms with Crippen LogP contribution in [-0.4, -0.2) is 27.4 Å². The maximum atomic E-state index is 12.2. The van der Waals surface area contributed by atoms with Crippen LogP contribution < -0.4 is 11.1 Å². The van der Waals surface area contributed by atoms with Crippen molar-refractivity contribution in [2.75, 3.05) is 6.54 Å². The number of thiocarbonyl (C=S) groups is 1. The van der Waals surface area contributed by atoms with Gasteiger partial charge in [0, 0.05) is 25.4 Å². The molecule has 0 radical (unpaired) electrons. The number of aromatic nitrogens is 2. The van der Waals surface area contributed by atoms with Crippen LogP contribution in [0.15, 0.2) is 42.7 Å². The minimum atomic E-state index is -0.487. The minimum Gasteiger partial charge on any atom is -0.393 e. The van der Waals surface area contributed by atoms with Crippen LogP contribution in [0.3, 0.4) is 0 Å². The first-order chi connectivity index (χ1) is 10.2. The number of aromatic amines is 1. The number of rotatable bonds is 7. The van der Waals surface area contributed by atoms with Gasteiger partial charge in [0.2, 0.25) is 5.91 Å². The molecular formula is C15H18N4OS. The van der Waals surface area contributed by atoms with Crippen LogP contribution in [-0.2, 0) is 17.6 Å². The molecule has 0 saturated carbocycles. The Hall–Kier alpha value is -2.21. The first-order valence-corrected chi connectivity index (χ1v) is 7.17. The van der Waals surface area contributed by atoms with Crippen LogP contribution in [0.2, 0.25) is 0 Å². The predicted molar refractivity (Wildman–Crippen MR) is 85.7 cm³/mol. The highest BCUT2D eigenvalue weighted by molar-refractivity contribution is 7.80. The monoisotopic (exact) mass is 302 g/mol. The average molecular weight is 302 g/mol. The third-order valence-electron chi connectivity index (χ3n) is 3.16.